The molecule has 8 heteroatoms. The molecule has 25 heavy (non-hydrogen) atoms. The second-order valence-corrected chi connectivity index (χ2v) is 12.4. The Hall–Kier alpha value is -1.60. The number of carbonyl (C=O) groups excluding carboxylic acids is 2. The van der Waals surface area contributed by atoms with Crippen molar-refractivity contribution < 1.29 is 14.0 Å². The number of Topliss-reactive ketones (excluding diaryl/α,β-unsaturated/α-hetero) is 2. The number of carbonyl (C=O) groups is 2. The first-order chi connectivity index (χ1) is 11.6. The van der Waals surface area contributed by atoms with Crippen molar-refractivity contribution in [1.29, 1.82) is 10.5 Å². The zero-order valence-electron chi connectivity index (χ0n) is 14.3. The van der Waals surface area contributed by atoms with E-state index in [2.05, 4.69) is 0 Å². The van der Waals surface area contributed by atoms with Gasteiger partial charge in [0.15, 0.2) is 5.41 Å². The molecule has 2 rings (SSSR count). The third-order valence-corrected chi connectivity index (χ3v) is 5.98. The van der Waals surface area contributed by atoms with Gasteiger partial charge < -0.3 is 4.43 Å². The highest BCUT2D eigenvalue weighted by atomic mass is 35.5. The average Bonchev–Trinajstić information content (AvgIpc) is 2.55. The zero-order valence-corrected chi connectivity index (χ0v) is 16.8. The van der Waals surface area contributed by atoms with Crippen LogP contribution in [0.2, 0.25) is 19.6 Å². The van der Waals surface area contributed by atoms with E-state index in [0.717, 1.165) is 0 Å². The van der Waals surface area contributed by atoms with Crippen molar-refractivity contribution >= 4 is 43.1 Å². The summed E-state index contributed by atoms with van der Waals surface area (Å²) < 4.78 is 5.90. The van der Waals surface area contributed by atoms with Gasteiger partial charge in [-0.2, -0.15) is 10.5 Å². The van der Waals surface area contributed by atoms with E-state index in [1.807, 2.05) is 31.8 Å². The number of nitrogens with zero attached hydrogens (tertiary/aromatic N) is 2. The van der Waals surface area contributed by atoms with Crippen LogP contribution in [0, 0.1) is 34.0 Å². The number of hydrogen-bond donors (Lipinski definition) is 0. The van der Waals surface area contributed by atoms with Gasteiger partial charge in [-0.25, -0.2) is 0 Å². The summed E-state index contributed by atoms with van der Waals surface area (Å²) in [4.78, 5) is 25.4. The SMILES string of the molecule is C[Si](C)(C)OC1=C(C#N)C(C#N)(C2CCCCC2=O)C(=O)C(Cl)=C1Cl. The van der Waals surface area contributed by atoms with Crippen molar-refractivity contribution in [2.24, 2.45) is 11.3 Å². The molecule has 0 aliphatic heterocycles. The van der Waals surface area contributed by atoms with E-state index in [1.54, 1.807) is 0 Å². The second kappa shape index (κ2) is 6.95. The molecule has 2 aliphatic carbocycles. The summed E-state index contributed by atoms with van der Waals surface area (Å²) in [6.07, 6.45) is 2.04. The summed E-state index contributed by atoms with van der Waals surface area (Å²) in [6.45, 7) is 5.63. The van der Waals surface area contributed by atoms with Gasteiger partial charge >= 0.3 is 0 Å². The van der Waals surface area contributed by atoms with Crippen LogP contribution in [0.15, 0.2) is 21.4 Å². The topological polar surface area (TPSA) is 90.9 Å². The van der Waals surface area contributed by atoms with Crippen LogP contribution in [-0.2, 0) is 14.0 Å². The summed E-state index contributed by atoms with van der Waals surface area (Å²) >= 11 is 12.3. The van der Waals surface area contributed by atoms with Crippen molar-refractivity contribution in [2.45, 2.75) is 45.3 Å². The van der Waals surface area contributed by atoms with Gasteiger partial charge in [-0.05, 0) is 32.5 Å². The summed E-state index contributed by atoms with van der Waals surface area (Å²) in [5, 5.41) is 19.2. The standard InChI is InChI=1S/C17H18Cl2N2O3Si/c1-25(2,3)24-15-11(8-20)17(9-21,16(23)14(19)13(15)18)10-6-4-5-7-12(10)22/h10H,4-7H2,1-3H3. The van der Waals surface area contributed by atoms with E-state index in [1.165, 1.54) is 0 Å². The molecule has 0 heterocycles. The molecule has 1 saturated carbocycles. The molecule has 5 nitrogen and oxygen atoms in total. The van der Waals surface area contributed by atoms with Crippen LogP contribution in [0.25, 0.3) is 0 Å². The molecule has 2 atom stereocenters. The Morgan fingerprint density at radius 2 is 1.80 bits per heavy atom. The van der Waals surface area contributed by atoms with E-state index in [-0.39, 0.29) is 33.6 Å². The quantitative estimate of drug-likeness (QED) is 0.667. The fourth-order valence-electron chi connectivity index (χ4n) is 3.27. The Morgan fingerprint density at radius 3 is 2.28 bits per heavy atom. The van der Waals surface area contributed by atoms with Crippen LogP contribution < -0.4 is 0 Å². The second-order valence-electron chi connectivity index (χ2n) is 7.17. The molecular formula is C17H18Cl2N2O3Si. The lowest BCUT2D eigenvalue weighted by Crippen LogP contribution is -2.47. The van der Waals surface area contributed by atoms with Crippen LogP contribution in [0.5, 0.6) is 0 Å². The lowest BCUT2D eigenvalue weighted by molar-refractivity contribution is -0.134. The first-order valence-electron chi connectivity index (χ1n) is 7.98. The summed E-state index contributed by atoms with van der Waals surface area (Å²) in [7, 11) is -2.23. The van der Waals surface area contributed by atoms with Gasteiger partial charge in [-0.3, -0.25) is 9.59 Å². The van der Waals surface area contributed by atoms with E-state index >= 15 is 0 Å². The van der Waals surface area contributed by atoms with Crippen LogP contribution in [0.3, 0.4) is 0 Å². The Morgan fingerprint density at radius 1 is 1.16 bits per heavy atom. The smallest absolute Gasteiger partial charge is 0.242 e. The Balaban J connectivity index is 2.78. The van der Waals surface area contributed by atoms with E-state index < -0.39 is 25.4 Å². The molecule has 0 amide bonds. The molecular weight excluding hydrogens is 379 g/mol. The molecule has 1 fully saturated rings. The Bertz CT molecular complexity index is 783. The van der Waals surface area contributed by atoms with Crippen LogP contribution >= 0.6 is 23.2 Å². The minimum Gasteiger partial charge on any atom is -0.543 e. The van der Waals surface area contributed by atoms with Crippen molar-refractivity contribution in [3.05, 3.63) is 21.4 Å². The maximum atomic E-state index is 12.9. The average molecular weight is 397 g/mol. The van der Waals surface area contributed by atoms with Gasteiger partial charge in [0.1, 0.15) is 33.2 Å². The first-order valence-corrected chi connectivity index (χ1v) is 12.1. The number of rotatable bonds is 3. The van der Waals surface area contributed by atoms with Gasteiger partial charge in [0, 0.05) is 12.3 Å². The van der Waals surface area contributed by atoms with Gasteiger partial charge in [0.05, 0.1) is 6.07 Å². The first kappa shape index (κ1) is 19.7. The Labute approximate surface area is 158 Å². The van der Waals surface area contributed by atoms with E-state index in [4.69, 9.17) is 27.6 Å². The predicted molar refractivity (Wildman–Crippen MR) is 95.8 cm³/mol. The molecule has 132 valence electrons. The summed E-state index contributed by atoms with van der Waals surface area (Å²) in [6, 6.07) is 3.86. The fraction of sp³-hybridized carbons (Fsp3) is 0.529. The lowest BCUT2D eigenvalue weighted by Gasteiger charge is -2.38. The monoisotopic (exact) mass is 396 g/mol. The van der Waals surface area contributed by atoms with Crippen molar-refractivity contribution in [1.82, 2.24) is 0 Å². The number of nitriles is 2. The number of ketones is 2. The van der Waals surface area contributed by atoms with E-state index in [9.17, 15) is 20.1 Å². The van der Waals surface area contributed by atoms with Crippen LogP contribution in [0.1, 0.15) is 25.7 Å². The third kappa shape index (κ3) is 3.27. The molecule has 0 aromatic heterocycles. The molecule has 2 aliphatic rings. The van der Waals surface area contributed by atoms with Gasteiger partial charge in [0.25, 0.3) is 0 Å². The Kier molecular flexibility index (Phi) is 5.49. The summed E-state index contributed by atoms with van der Waals surface area (Å²) in [5.74, 6) is -1.94. The highest BCUT2D eigenvalue weighted by Gasteiger charge is 2.58. The maximum Gasteiger partial charge on any atom is 0.242 e. The maximum absolute atomic E-state index is 12.9. The largest absolute Gasteiger partial charge is 0.543 e. The van der Waals surface area contributed by atoms with Gasteiger partial charge in [0.2, 0.25) is 14.1 Å². The van der Waals surface area contributed by atoms with Gasteiger partial charge in [-0.15, -0.1) is 0 Å². The number of halogens is 2. The van der Waals surface area contributed by atoms with Gasteiger partial charge in [-0.1, -0.05) is 29.6 Å². The highest BCUT2D eigenvalue weighted by Crippen LogP contribution is 2.51. The minimum atomic E-state index is -2.23. The fourth-order valence-corrected chi connectivity index (χ4v) is 4.61. The molecule has 0 spiro atoms. The molecule has 0 bridgehead atoms. The van der Waals surface area contributed by atoms with Crippen molar-refractivity contribution in [3.63, 3.8) is 0 Å². The van der Waals surface area contributed by atoms with Crippen molar-refractivity contribution in [3.8, 4) is 12.1 Å². The number of hydrogen-bond acceptors (Lipinski definition) is 5. The number of allylic oxidation sites excluding steroid dienone is 3. The molecule has 0 N–H and O–H groups in total. The van der Waals surface area contributed by atoms with Crippen molar-refractivity contribution in [2.75, 3.05) is 0 Å². The third-order valence-electron chi connectivity index (χ3n) is 4.34. The predicted octanol–water partition coefficient (Wildman–Crippen LogP) is 4.16. The zero-order chi connectivity index (χ0) is 19.0. The molecule has 0 saturated heterocycles. The molecule has 0 aromatic carbocycles. The molecule has 0 aromatic rings. The van der Waals surface area contributed by atoms with Crippen LogP contribution in [0.4, 0.5) is 0 Å². The lowest BCUT2D eigenvalue weighted by atomic mass is 9.61. The van der Waals surface area contributed by atoms with Crippen LogP contribution in [-0.4, -0.2) is 19.9 Å². The minimum absolute atomic E-state index is 0.0344. The normalized spacial score (nSPS) is 27.9. The van der Waals surface area contributed by atoms with E-state index in [0.29, 0.717) is 19.3 Å². The molecule has 2 unspecified atom stereocenters. The highest BCUT2D eigenvalue weighted by molar-refractivity contribution is 6.70. The molecule has 0 radical (unpaired) electrons. The summed E-state index contributed by atoms with van der Waals surface area (Å²) in [5.41, 5.74) is -2.16.